The molecule has 0 radical (unpaired) electrons. The van der Waals surface area contributed by atoms with Gasteiger partial charge in [0.2, 0.25) is 0 Å². The van der Waals surface area contributed by atoms with Gasteiger partial charge in [0.25, 0.3) is 11.6 Å². The molecule has 1 saturated heterocycles. The first kappa shape index (κ1) is 16.4. The fourth-order valence-electron chi connectivity index (χ4n) is 4.12. The predicted octanol–water partition coefficient (Wildman–Crippen LogP) is 2.76. The topological polar surface area (TPSA) is 101 Å². The summed E-state index contributed by atoms with van der Waals surface area (Å²) < 4.78 is 0. The molecule has 1 aliphatic heterocycles. The maximum Gasteiger partial charge on any atom is 0.326 e. The van der Waals surface area contributed by atoms with Gasteiger partial charge in [0, 0.05) is 23.2 Å². The number of rotatable bonds is 3. The minimum absolute atomic E-state index is 0.0390. The standard InChI is InChI=1S/C17H20N2O5/c1-10-8-12(6-7-13(10)19(23)24)16(20)18-14-5-3-2-4-11(14)9-15(18)17(21)22/h6-8,11,14-15H,2-5,9H2,1H3,(H,21,22). The molecule has 2 fully saturated rings. The lowest BCUT2D eigenvalue weighted by atomic mass is 9.84. The van der Waals surface area contributed by atoms with Crippen LogP contribution in [-0.2, 0) is 4.79 Å². The van der Waals surface area contributed by atoms with Crippen LogP contribution in [0.15, 0.2) is 18.2 Å². The Morgan fingerprint density at radius 3 is 2.62 bits per heavy atom. The monoisotopic (exact) mass is 332 g/mol. The Labute approximate surface area is 139 Å². The Hall–Kier alpha value is -2.44. The van der Waals surface area contributed by atoms with E-state index in [0.717, 1.165) is 25.7 Å². The predicted molar refractivity (Wildman–Crippen MR) is 85.8 cm³/mol. The van der Waals surface area contributed by atoms with Gasteiger partial charge in [-0.05, 0) is 44.2 Å². The lowest BCUT2D eigenvalue weighted by Crippen LogP contribution is -2.46. The summed E-state index contributed by atoms with van der Waals surface area (Å²) in [6.07, 6.45) is 4.35. The number of aliphatic carboxylic acids is 1. The van der Waals surface area contributed by atoms with E-state index in [1.54, 1.807) is 6.92 Å². The molecule has 0 bridgehead atoms. The highest BCUT2D eigenvalue weighted by atomic mass is 16.6. The summed E-state index contributed by atoms with van der Waals surface area (Å²) in [6, 6.07) is 3.37. The van der Waals surface area contributed by atoms with E-state index < -0.39 is 16.9 Å². The van der Waals surface area contributed by atoms with Crippen LogP contribution in [0.25, 0.3) is 0 Å². The van der Waals surface area contributed by atoms with E-state index in [-0.39, 0.29) is 23.6 Å². The molecule has 1 aromatic carbocycles. The average molecular weight is 332 g/mol. The summed E-state index contributed by atoms with van der Waals surface area (Å²) in [5, 5.41) is 20.4. The van der Waals surface area contributed by atoms with E-state index >= 15 is 0 Å². The number of amides is 1. The van der Waals surface area contributed by atoms with Gasteiger partial charge in [-0.25, -0.2) is 4.79 Å². The molecular formula is C17H20N2O5. The van der Waals surface area contributed by atoms with Gasteiger partial charge >= 0.3 is 5.97 Å². The van der Waals surface area contributed by atoms with Crippen molar-refractivity contribution in [2.45, 2.75) is 51.1 Å². The first-order valence-corrected chi connectivity index (χ1v) is 8.20. The third kappa shape index (κ3) is 2.74. The second kappa shape index (κ2) is 6.22. The number of benzene rings is 1. The van der Waals surface area contributed by atoms with Gasteiger partial charge in [-0.15, -0.1) is 0 Å². The Bertz CT molecular complexity index is 702. The number of fused-ring (bicyclic) bond motifs is 1. The van der Waals surface area contributed by atoms with Crippen LogP contribution in [0.4, 0.5) is 5.69 Å². The average Bonchev–Trinajstić information content (AvgIpc) is 2.93. The number of hydrogen-bond acceptors (Lipinski definition) is 4. The molecular weight excluding hydrogens is 312 g/mol. The second-order valence-electron chi connectivity index (χ2n) is 6.67. The zero-order valence-electron chi connectivity index (χ0n) is 13.5. The number of aryl methyl sites for hydroxylation is 1. The number of carboxylic acids is 1. The van der Waals surface area contributed by atoms with Gasteiger partial charge in [0.05, 0.1) is 4.92 Å². The van der Waals surface area contributed by atoms with Gasteiger partial charge in [0.15, 0.2) is 0 Å². The van der Waals surface area contributed by atoms with Crippen LogP contribution in [0.2, 0.25) is 0 Å². The van der Waals surface area contributed by atoms with E-state index in [1.165, 1.54) is 23.1 Å². The molecule has 128 valence electrons. The Balaban J connectivity index is 1.93. The lowest BCUT2D eigenvalue weighted by molar-refractivity contribution is -0.385. The molecule has 1 aromatic rings. The molecule has 3 atom stereocenters. The van der Waals surface area contributed by atoms with Crippen LogP contribution in [-0.4, -0.2) is 38.9 Å². The normalized spacial score (nSPS) is 26.0. The number of likely N-dealkylation sites (tertiary alicyclic amines) is 1. The smallest absolute Gasteiger partial charge is 0.326 e. The van der Waals surface area contributed by atoms with Gasteiger partial charge in [-0.2, -0.15) is 0 Å². The number of carbonyl (C=O) groups is 2. The lowest BCUT2D eigenvalue weighted by Gasteiger charge is -2.33. The summed E-state index contributed by atoms with van der Waals surface area (Å²) in [7, 11) is 0. The summed E-state index contributed by atoms with van der Waals surface area (Å²) in [6.45, 7) is 1.58. The number of carboxylic acid groups (broad SMARTS) is 1. The summed E-state index contributed by atoms with van der Waals surface area (Å²) >= 11 is 0. The second-order valence-corrected chi connectivity index (χ2v) is 6.67. The first-order valence-electron chi connectivity index (χ1n) is 8.20. The quantitative estimate of drug-likeness (QED) is 0.677. The van der Waals surface area contributed by atoms with Crippen molar-refractivity contribution in [3.63, 3.8) is 0 Å². The van der Waals surface area contributed by atoms with Gasteiger partial charge in [-0.1, -0.05) is 12.8 Å². The molecule has 2 aliphatic rings. The van der Waals surface area contributed by atoms with Crippen molar-refractivity contribution in [2.75, 3.05) is 0 Å². The van der Waals surface area contributed by atoms with Crippen LogP contribution >= 0.6 is 0 Å². The van der Waals surface area contributed by atoms with Crippen LogP contribution in [0.3, 0.4) is 0 Å². The maximum absolute atomic E-state index is 12.9. The van der Waals surface area contributed by atoms with Crippen molar-refractivity contribution < 1.29 is 19.6 Å². The van der Waals surface area contributed by atoms with Crippen molar-refractivity contribution >= 4 is 17.6 Å². The van der Waals surface area contributed by atoms with Gasteiger partial charge < -0.3 is 10.0 Å². The summed E-state index contributed by atoms with van der Waals surface area (Å²) in [5.41, 5.74) is 0.672. The van der Waals surface area contributed by atoms with Crippen molar-refractivity contribution in [3.05, 3.63) is 39.4 Å². The number of carbonyl (C=O) groups excluding carboxylic acids is 1. The van der Waals surface area contributed by atoms with E-state index in [0.29, 0.717) is 17.5 Å². The highest BCUT2D eigenvalue weighted by Crippen LogP contribution is 2.40. The Morgan fingerprint density at radius 2 is 2.00 bits per heavy atom. The molecule has 1 amide bonds. The Morgan fingerprint density at radius 1 is 1.29 bits per heavy atom. The van der Waals surface area contributed by atoms with Gasteiger partial charge in [-0.3, -0.25) is 14.9 Å². The number of nitro groups is 1. The molecule has 0 aromatic heterocycles. The SMILES string of the molecule is Cc1cc(C(=O)N2C(C(=O)O)CC3CCCCC32)ccc1[N+](=O)[O-]. The summed E-state index contributed by atoms with van der Waals surface area (Å²) in [4.78, 5) is 36.5. The van der Waals surface area contributed by atoms with Crippen molar-refractivity contribution in [1.29, 1.82) is 0 Å². The first-order chi connectivity index (χ1) is 11.4. The molecule has 7 heteroatoms. The molecule has 7 nitrogen and oxygen atoms in total. The number of nitro benzene ring substituents is 1. The van der Waals surface area contributed by atoms with Crippen LogP contribution in [0.5, 0.6) is 0 Å². The van der Waals surface area contributed by atoms with Crippen LogP contribution in [0.1, 0.15) is 48.0 Å². The van der Waals surface area contributed by atoms with E-state index in [9.17, 15) is 24.8 Å². The van der Waals surface area contributed by atoms with Crippen LogP contribution < -0.4 is 0 Å². The highest BCUT2D eigenvalue weighted by molar-refractivity contribution is 5.97. The molecule has 0 spiro atoms. The zero-order chi connectivity index (χ0) is 17.4. The molecule has 1 saturated carbocycles. The number of hydrogen-bond donors (Lipinski definition) is 1. The third-order valence-corrected chi connectivity index (χ3v) is 5.25. The molecule has 24 heavy (non-hydrogen) atoms. The molecule has 1 heterocycles. The molecule has 3 unspecified atom stereocenters. The van der Waals surface area contributed by atoms with E-state index in [4.69, 9.17) is 0 Å². The zero-order valence-corrected chi connectivity index (χ0v) is 13.5. The number of nitrogens with zero attached hydrogens (tertiary/aromatic N) is 2. The molecule has 1 aliphatic carbocycles. The van der Waals surface area contributed by atoms with Gasteiger partial charge in [0.1, 0.15) is 6.04 Å². The van der Waals surface area contributed by atoms with E-state index in [1.807, 2.05) is 0 Å². The minimum atomic E-state index is -0.976. The van der Waals surface area contributed by atoms with E-state index in [2.05, 4.69) is 0 Å². The minimum Gasteiger partial charge on any atom is -0.480 e. The Kier molecular flexibility index (Phi) is 4.26. The third-order valence-electron chi connectivity index (χ3n) is 5.25. The molecule has 3 rings (SSSR count). The van der Waals surface area contributed by atoms with Crippen molar-refractivity contribution in [1.82, 2.24) is 4.90 Å². The summed E-state index contributed by atoms with van der Waals surface area (Å²) in [5.74, 6) is -1.07. The largest absolute Gasteiger partial charge is 0.480 e. The van der Waals surface area contributed by atoms with Crippen molar-refractivity contribution in [2.24, 2.45) is 5.92 Å². The molecule has 1 N–H and O–H groups in total. The van der Waals surface area contributed by atoms with Crippen LogP contribution in [0, 0.1) is 23.0 Å². The fourth-order valence-corrected chi connectivity index (χ4v) is 4.12. The highest BCUT2D eigenvalue weighted by Gasteiger charge is 2.47. The maximum atomic E-state index is 12.9. The van der Waals surface area contributed by atoms with Crippen molar-refractivity contribution in [3.8, 4) is 0 Å². The fraction of sp³-hybridized carbons (Fsp3) is 0.529.